The first kappa shape index (κ1) is 23.2. The number of hydrazone groups is 1. The Kier molecular flexibility index (Phi) is 6.19. The molecule has 3 rings (SSSR count). The molecule has 11 nitrogen and oxygen atoms in total. The molecule has 0 aromatic heterocycles. The summed E-state index contributed by atoms with van der Waals surface area (Å²) in [5, 5.41) is 12.1. The van der Waals surface area contributed by atoms with Gasteiger partial charge < -0.3 is 0 Å². The zero-order chi connectivity index (χ0) is 23.1. The van der Waals surface area contributed by atoms with Crippen molar-refractivity contribution in [2.75, 3.05) is 5.01 Å². The Morgan fingerprint density at radius 1 is 1.00 bits per heavy atom. The Bertz CT molecular complexity index is 1340. The van der Waals surface area contributed by atoms with Gasteiger partial charge in [0.25, 0.3) is 26.1 Å². The molecule has 0 bridgehead atoms. The van der Waals surface area contributed by atoms with Gasteiger partial charge in [0.15, 0.2) is 6.04 Å². The third-order valence-corrected chi connectivity index (χ3v) is 6.52. The van der Waals surface area contributed by atoms with E-state index in [-0.39, 0.29) is 32.0 Å². The number of carbonyl (C=O) groups is 1. The molecular weight excluding hydrogens is 495 g/mol. The van der Waals surface area contributed by atoms with E-state index >= 15 is 0 Å². The van der Waals surface area contributed by atoms with Crippen molar-refractivity contribution in [1.29, 1.82) is 0 Å². The van der Waals surface area contributed by atoms with Crippen LogP contribution in [0.25, 0.3) is 0 Å². The molecule has 0 saturated carbocycles. The Labute approximate surface area is 186 Å². The minimum Gasteiger partial charge on any atom is -0.282 e. The summed E-state index contributed by atoms with van der Waals surface area (Å²) in [6.07, 6.45) is 0. The van der Waals surface area contributed by atoms with Crippen LogP contribution in [0.1, 0.15) is 6.92 Å². The number of benzene rings is 2. The maximum Gasteiger partial charge on any atom is 0.296 e. The molecule has 0 spiro atoms. The van der Waals surface area contributed by atoms with Crippen molar-refractivity contribution in [3.8, 4) is 0 Å². The summed E-state index contributed by atoms with van der Waals surface area (Å²) in [5.41, 5.74) is 0.429. The molecule has 0 unspecified atom stereocenters. The summed E-state index contributed by atoms with van der Waals surface area (Å²) in [6.45, 7) is 1.51. The quantitative estimate of drug-likeness (QED) is 0.462. The molecule has 2 aromatic rings. The Balaban J connectivity index is 1.87. The van der Waals surface area contributed by atoms with Crippen molar-refractivity contribution >= 4 is 66.4 Å². The van der Waals surface area contributed by atoms with Gasteiger partial charge in [-0.05, 0) is 43.3 Å². The van der Waals surface area contributed by atoms with Crippen molar-refractivity contribution in [1.82, 2.24) is 0 Å². The van der Waals surface area contributed by atoms with Crippen molar-refractivity contribution < 1.29 is 30.7 Å². The largest absolute Gasteiger partial charge is 0.296 e. The minimum atomic E-state index is -4.63. The van der Waals surface area contributed by atoms with Gasteiger partial charge in [0.05, 0.1) is 32.0 Å². The van der Waals surface area contributed by atoms with Crippen LogP contribution in [0.5, 0.6) is 0 Å². The van der Waals surface area contributed by atoms with Crippen LogP contribution in [0, 0.1) is 0 Å². The summed E-state index contributed by atoms with van der Waals surface area (Å²) in [4.78, 5) is 11.8. The summed E-state index contributed by atoms with van der Waals surface area (Å²) < 4.78 is 62.9. The third-order valence-electron chi connectivity index (χ3n) is 4.03. The monoisotopic (exact) mass is 506 g/mol. The average molecular weight is 507 g/mol. The van der Waals surface area contributed by atoms with Gasteiger partial charge in [-0.2, -0.15) is 37.2 Å². The van der Waals surface area contributed by atoms with E-state index in [1.807, 2.05) is 0 Å². The number of nitrogens with zero attached hydrogens (tertiary/aromatic N) is 4. The summed E-state index contributed by atoms with van der Waals surface area (Å²) in [5.74, 6) is -0.659. The van der Waals surface area contributed by atoms with Crippen LogP contribution in [-0.4, -0.2) is 43.6 Å². The number of hydrogen-bond acceptors (Lipinski definition) is 8. The second-order valence-electron chi connectivity index (χ2n) is 6.19. The number of amides is 1. The molecule has 0 radical (unpaired) electrons. The molecule has 2 N–H and O–H groups in total. The number of carbonyl (C=O) groups excluding carboxylic acids is 1. The van der Waals surface area contributed by atoms with Gasteiger partial charge in [0.1, 0.15) is 4.90 Å². The van der Waals surface area contributed by atoms with Gasteiger partial charge in [0.2, 0.25) is 0 Å². The van der Waals surface area contributed by atoms with Crippen LogP contribution in [0.3, 0.4) is 0 Å². The Morgan fingerprint density at radius 2 is 1.61 bits per heavy atom. The molecule has 0 fully saturated rings. The summed E-state index contributed by atoms with van der Waals surface area (Å²) >= 11 is 11.9. The van der Waals surface area contributed by atoms with Crippen LogP contribution in [0.2, 0.25) is 10.0 Å². The molecule has 15 heteroatoms. The molecule has 1 heterocycles. The van der Waals surface area contributed by atoms with E-state index in [4.69, 9.17) is 27.8 Å². The van der Waals surface area contributed by atoms with E-state index in [2.05, 4.69) is 15.3 Å². The van der Waals surface area contributed by atoms with Gasteiger partial charge in [0, 0.05) is 0 Å². The molecule has 1 aliphatic heterocycles. The van der Waals surface area contributed by atoms with Crippen molar-refractivity contribution in [2.45, 2.75) is 22.8 Å². The predicted molar refractivity (Wildman–Crippen MR) is 111 cm³/mol. The lowest BCUT2D eigenvalue weighted by Crippen LogP contribution is -2.30. The van der Waals surface area contributed by atoms with Gasteiger partial charge in [-0.25, -0.2) is 0 Å². The minimum absolute atomic E-state index is 0.0291. The van der Waals surface area contributed by atoms with E-state index in [0.29, 0.717) is 0 Å². The zero-order valence-corrected chi connectivity index (χ0v) is 18.5. The number of rotatable bonds is 5. The predicted octanol–water partition coefficient (Wildman–Crippen LogP) is 3.36. The van der Waals surface area contributed by atoms with Gasteiger partial charge >= 0.3 is 0 Å². The topological polar surface area (TPSA) is 166 Å². The third kappa shape index (κ3) is 4.92. The number of hydrogen-bond donors (Lipinski definition) is 2. The summed E-state index contributed by atoms with van der Waals surface area (Å²) in [6, 6.07) is 5.62. The first-order chi connectivity index (χ1) is 14.3. The average Bonchev–Trinajstić information content (AvgIpc) is 2.94. The van der Waals surface area contributed by atoms with E-state index < -0.39 is 37.1 Å². The van der Waals surface area contributed by atoms with Crippen LogP contribution in [0.4, 0.5) is 11.4 Å². The number of azo groups is 1. The molecule has 1 aliphatic rings. The highest BCUT2D eigenvalue weighted by atomic mass is 35.5. The van der Waals surface area contributed by atoms with Crippen molar-refractivity contribution in [3.63, 3.8) is 0 Å². The lowest BCUT2D eigenvalue weighted by Gasteiger charge is -2.15. The van der Waals surface area contributed by atoms with Crippen molar-refractivity contribution in [3.05, 3.63) is 46.4 Å². The second kappa shape index (κ2) is 8.26. The maximum atomic E-state index is 12.7. The van der Waals surface area contributed by atoms with Gasteiger partial charge in [-0.15, -0.1) is 0 Å². The normalized spacial score (nSPS) is 17.5. The highest BCUT2D eigenvalue weighted by Gasteiger charge is 2.36. The lowest BCUT2D eigenvalue weighted by atomic mass is 10.2. The molecule has 2 aromatic carbocycles. The first-order valence-corrected chi connectivity index (χ1v) is 11.8. The van der Waals surface area contributed by atoms with Crippen molar-refractivity contribution in [2.24, 2.45) is 15.3 Å². The number of halogens is 2. The zero-order valence-electron chi connectivity index (χ0n) is 15.3. The van der Waals surface area contributed by atoms with E-state index in [1.54, 1.807) is 0 Å². The van der Waals surface area contributed by atoms with E-state index in [0.717, 1.165) is 29.3 Å². The fraction of sp³-hybridized carbons (Fsp3) is 0.125. The second-order valence-corrected chi connectivity index (χ2v) is 9.81. The molecule has 31 heavy (non-hydrogen) atoms. The molecule has 0 saturated heterocycles. The molecule has 0 aliphatic carbocycles. The van der Waals surface area contributed by atoms with Gasteiger partial charge in [-0.3, -0.25) is 13.9 Å². The first-order valence-electron chi connectivity index (χ1n) is 8.13. The molecule has 1 atom stereocenters. The Hall–Kier alpha value is -2.42. The smallest absolute Gasteiger partial charge is 0.282 e. The van der Waals surface area contributed by atoms with Crippen LogP contribution < -0.4 is 5.01 Å². The SMILES string of the molecule is CC1=NN(c2cc(Cl)c(S(=O)(=O)O)cc2Cl)C(=O)[C@H]1N=Nc1ccc(S(=O)(=O)O)cc1. The van der Waals surface area contributed by atoms with Crippen LogP contribution in [0.15, 0.2) is 61.5 Å². The van der Waals surface area contributed by atoms with E-state index in [1.165, 1.54) is 19.1 Å². The Morgan fingerprint density at radius 3 is 2.16 bits per heavy atom. The molecule has 164 valence electrons. The maximum absolute atomic E-state index is 12.7. The fourth-order valence-electron chi connectivity index (χ4n) is 2.55. The fourth-order valence-corrected chi connectivity index (χ4v) is 4.36. The van der Waals surface area contributed by atoms with E-state index in [9.17, 15) is 26.2 Å². The summed E-state index contributed by atoms with van der Waals surface area (Å²) in [7, 11) is -8.98. The number of anilines is 1. The highest BCUT2D eigenvalue weighted by Crippen LogP contribution is 2.36. The lowest BCUT2D eigenvalue weighted by molar-refractivity contribution is -0.117. The highest BCUT2D eigenvalue weighted by molar-refractivity contribution is 7.86. The van der Waals surface area contributed by atoms with Crippen LogP contribution >= 0.6 is 23.2 Å². The molecular formula is C16H12Cl2N4O7S2. The molecule has 1 amide bonds. The van der Waals surface area contributed by atoms with Crippen LogP contribution in [-0.2, 0) is 25.0 Å². The standard InChI is InChI=1S/C16H12Cl2N4O7S2/c1-8-15(20-19-9-2-4-10(5-3-9)30(24,25)26)16(23)22(21-8)13-6-12(18)14(7-11(13)17)31(27,28)29/h2-7,15H,1H3,(H,24,25,26)(H,27,28,29)/t15-/m0/s1. The van der Waals surface area contributed by atoms with Gasteiger partial charge in [-0.1, -0.05) is 23.2 Å².